The predicted molar refractivity (Wildman–Crippen MR) is 75.5 cm³/mol. The van der Waals surface area contributed by atoms with Crippen LogP contribution < -0.4 is 5.32 Å². The van der Waals surface area contributed by atoms with Gasteiger partial charge in [0.25, 0.3) is 5.91 Å². The number of likely N-dealkylation sites (tertiary alicyclic amines) is 1. The fourth-order valence-electron chi connectivity index (χ4n) is 2.33. The zero-order chi connectivity index (χ0) is 14.4. The molecular formula is C15H20N2O3. The lowest BCUT2D eigenvalue weighted by atomic mass is 10.1. The van der Waals surface area contributed by atoms with Gasteiger partial charge in [0.15, 0.2) is 0 Å². The highest BCUT2D eigenvalue weighted by Crippen LogP contribution is 2.12. The summed E-state index contributed by atoms with van der Waals surface area (Å²) in [4.78, 5) is 25.4. The summed E-state index contributed by atoms with van der Waals surface area (Å²) in [6, 6.07) is 9.09. The number of ether oxygens (including phenoxy) is 1. The molecule has 2 amide bonds. The lowest BCUT2D eigenvalue weighted by Gasteiger charge is -2.32. The maximum absolute atomic E-state index is 12.1. The third-order valence-corrected chi connectivity index (χ3v) is 3.32. The molecule has 5 heteroatoms. The van der Waals surface area contributed by atoms with Crippen molar-refractivity contribution in [1.82, 2.24) is 10.2 Å². The molecule has 2 rings (SSSR count). The highest BCUT2D eigenvalue weighted by atomic mass is 16.6. The topological polar surface area (TPSA) is 58.6 Å². The summed E-state index contributed by atoms with van der Waals surface area (Å²) in [7, 11) is 0. The average Bonchev–Trinajstić information content (AvgIpc) is 2.48. The highest BCUT2D eigenvalue weighted by molar-refractivity contribution is 5.94. The van der Waals surface area contributed by atoms with E-state index in [0.29, 0.717) is 25.3 Å². The van der Waals surface area contributed by atoms with Crippen LogP contribution in [-0.2, 0) is 4.74 Å². The number of piperidine rings is 1. The van der Waals surface area contributed by atoms with Crippen LogP contribution in [0.4, 0.5) is 4.79 Å². The summed E-state index contributed by atoms with van der Waals surface area (Å²) >= 11 is 0. The Kier molecular flexibility index (Phi) is 4.98. The van der Waals surface area contributed by atoms with Crippen LogP contribution in [0.15, 0.2) is 30.3 Å². The Balaban J connectivity index is 1.90. The van der Waals surface area contributed by atoms with Gasteiger partial charge in [0.05, 0.1) is 6.61 Å². The van der Waals surface area contributed by atoms with Crippen LogP contribution in [0, 0.1) is 0 Å². The highest BCUT2D eigenvalue weighted by Gasteiger charge is 2.25. The predicted octanol–water partition coefficient (Wildman–Crippen LogP) is 2.04. The summed E-state index contributed by atoms with van der Waals surface area (Å²) in [5.41, 5.74) is 0.640. The van der Waals surface area contributed by atoms with Gasteiger partial charge < -0.3 is 15.0 Å². The molecule has 20 heavy (non-hydrogen) atoms. The Morgan fingerprint density at radius 1 is 1.35 bits per heavy atom. The smallest absolute Gasteiger partial charge is 0.409 e. The molecule has 0 radical (unpaired) electrons. The zero-order valence-electron chi connectivity index (χ0n) is 11.7. The van der Waals surface area contributed by atoms with Crippen molar-refractivity contribution in [2.75, 3.05) is 19.7 Å². The van der Waals surface area contributed by atoms with Crippen LogP contribution in [0.5, 0.6) is 0 Å². The van der Waals surface area contributed by atoms with Gasteiger partial charge >= 0.3 is 6.09 Å². The molecule has 5 nitrogen and oxygen atoms in total. The molecule has 1 heterocycles. The van der Waals surface area contributed by atoms with Crippen LogP contribution in [0.25, 0.3) is 0 Å². The zero-order valence-corrected chi connectivity index (χ0v) is 11.7. The Hall–Kier alpha value is -2.04. The summed E-state index contributed by atoms with van der Waals surface area (Å²) < 4.78 is 4.99. The molecule has 1 unspecified atom stereocenters. The van der Waals surface area contributed by atoms with Gasteiger partial charge in [-0.1, -0.05) is 18.2 Å². The minimum Gasteiger partial charge on any atom is -0.450 e. The third kappa shape index (κ3) is 3.73. The van der Waals surface area contributed by atoms with E-state index >= 15 is 0 Å². The van der Waals surface area contributed by atoms with Crippen LogP contribution >= 0.6 is 0 Å². The van der Waals surface area contributed by atoms with Gasteiger partial charge in [-0.2, -0.15) is 0 Å². The Bertz CT molecular complexity index is 461. The standard InChI is InChI=1S/C15H20N2O3/c1-2-20-15(19)17-10-6-9-13(11-17)16-14(18)12-7-4-3-5-8-12/h3-5,7-8,13H,2,6,9-11H2,1H3,(H,16,18). The van der Waals surface area contributed by atoms with Crippen LogP contribution in [0.3, 0.4) is 0 Å². The van der Waals surface area contributed by atoms with E-state index in [1.807, 2.05) is 18.2 Å². The molecule has 0 saturated carbocycles. The number of benzene rings is 1. The molecule has 0 bridgehead atoms. The fourth-order valence-corrected chi connectivity index (χ4v) is 2.33. The van der Waals surface area contributed by atoms with Crippen molar-refractivity contribution >= 4 is 12.0 Å². The van der Waals surface area contributed by atoms with E-state index in [9.17, 15) is 9.59 Å². The second kappa shape index (κ2) is 6.93. The lowest BCUT2D eigenvalue weighted by molar-refractivity contribution is 0.0821. The molecule has 1 aromatic carbocycles. The minimum atomic E-state index is -0.300. The number of nitrogens with one attached hydrogen (secondary N) is 1. The van der Waals surface area contributed by atoms with Crippen molar-refractivity contribution in [2.24, 2.45) is 0 Å². The maximum atomic E-state index is 12.1. The minimum absolute atomic E-state index is 0.0131. The second-order valence-corrected chi connectivity index (χ2v) is 4.82. The largest absolute Gasteiger partial charge is 0.450 e. The van der Waals surface area contributed by atoms with E-state index in [2.05, 4.69) is 5.32 Å². The van der Waals surface area contributed by atoms with Crippen molar-refractivity contribution in [3.63, 3.8) is 0 Å². The van der Waals surface area contributed by atoms with E-state index in [0.717, 1.165) is 12.8 Å². The SMILES string of the molecule is CCOC(=O)N1CCCC(NC(=O)c2ccccc2)C1. The van der Waals surface area contributed by atoms with Crippen molar-refractivity contribution in [3.05, 3.63) is 35.9 Å². The first kappa shape index (κ1) is 14.4. The number of carbonyl (C=O) groups excluding carboxylic acids is 2. The lowest BCUT2D eigenvalue weighted by Crippen LogP contribution is -2.49. The maximum Gasteiger partial charge on any atom is 0.409 e. The summed E-state index contributed by atoms with van der Waals surface area (Å²) in [6.07, 6.45) is 1.46. The molecule has 1 atom stereocenters. The van der Waals surface area contributed by atoms with E-state index in [4.69, 9.17) is 4.74 Å². The van der Waals surface area contributed by atoms with Gasteiger partial charge in [-0.25, -0.2) is 4.79 Å². The van der Waals surface area contributed by atoms with Crippen LogP contribution in [-0.4, -0.2) is 42.6 Å². The molecule has 1 N–H and O–H groups in total. The molecule has 108 valence electrons. The van der Waals surface area contributed by atoms with Gasteiger partial charge in [-0.05, 0) is 31.9 Å². The Labute approximate surface area is 118 Å². The van der Waals surface area contributed by atoms with E-state index in [1.54, 1.807) is 24.0 Å². The number of nitrogens with zero attached hydrogens (tertiary/aromatic N) is 1. The van der Waals surface area contributed by atoms with Gasteiger partial charge in [-0.15, -0.1) is 0 Å². The first-order chi connectivity index (χ1) is 9.70. The van der Waals surface area contributed by atoms with Crippen LogP contribution in [0.2, 0.25) is 0 Å². The number of hydrogen-bond acceptors (Lipinski definition) is 3. The number of amides is 2. The van der Waals surface area contributed by atoms with Crippen LogP contribution in [0.1, 0.15) is 30.1 Å². The summed E-state index contributed by atoms with van der Waals surface area (Å²) in [6.45, 7) is 3.36. The normalized spacial score (nSPS) is 18.4. The van der Waals surface area contributed by atoms with Crippen molar-refractivity contribution in [1.29, 1.82) is 0 Å². The monoisotopic (exact) mass is 276 g/mol. The molecule has 0 aromatic heterocycles. The third-order valence-electron chi connectivity index (χ3n) is 3.32. The van der Waals surface area contributed by atoms with E-state index in [-0.39, 0.29) is 18.0 Å². The van der Waals surface area contributed by atoms with Gasteiger partial charge in [0, 0.05) is 24.7 Å². The summed E-state index contributed by atoms with van der Waals surface area (Å²) in [5.74, 6) is -0.0960. The number of rotatable bonds is 3. The molecule has 1 fully saturated rings. The average molecular weight is 276 g/mol. The van der Waals surface area contributed by atoms with Gasteiger partial charge in [0.1, 0.15) is 0 Å². The Morgan fingerprint density at radius 3 is 2.80 bits per heavy atom. The molecule has 0 spiro atoms. The van der Waals surface area contributed by atoms with Crippen molar-refractivity contribution in [2.45, 2.75) is 25.8 Å². The van der Waals surface area contributed by atoms with Crippen molar-refractivity contribution < 1.29 is 14.3 Å². The van der Waals surface area contributed by atoms with Gasteiger partial charge in [-0.3, -0.25) is 4.79 Å². The molecule has 0 aliphatic carbocycles. The van der Waals surface area contributed by atoms with Gasteiger partial charge in [0.2, 0.25) is 0 Å². The van der Waals surface area contributed by atoms with E-state index < -0.39 is 0 Å². The molecule has 1 aliphatic rings. The Morgan fingerprint density at radius 2 is 2.10 bits per heavy atom. The first-order valence-electron chi connectivity index (χ1n) is 6.98. The molecule has 1 saturated heterocycles. The summed E-state index contributed by atoms with van der Waals surface area (Å²) in [5, 5.41) is 2.97. The quantitative estimate of drug-likeness (QED) is 0.919. The number of carbonyl (C=O) groups is 2. The van der Waals surface area contributed by atoms with Crippen molar-refractivity contribution in [3.8, 4) is 0 Å². The first-order valence-corrected chi connectivity index (χ1v) is 6.98. The molecular weight excluding hydrogens is 256 g/mol. The molecule has 1 aromatic rings. The fraction of sp³-hybridized carbons (Fsp3) is 0.467. The van der Waals surface area contributed by atoms with E-state index in [1.165, 1.54) is 0 Å². The molecule has 1 aliphatic heterocycles. The second-order valence-electron chi connectivity index (χ2n) is 4.82. The number of hydrogen-bond donors (Lipinski definition) is 1.